The lowest BCUT2D eigenvalue weighted by Crippen LogP contribution is -2.27. The van der Waals surface area contributed by atoms with Crippen LogP contribution in [-0.2, 0) is 11.2 Å². The van der Waals surface area contributed by atoms with Crippen molar-refractivity contribution in [3.8, 4) is 0 Å². The van der Waals surface area contributed by atoms with Crippen LogP contribution >= 0.6 is 0 Å². The van der Waals surface area contributed by atoms with E-state index in [0.29, 0.717) is 18.6 Å². The van der Waals surface area contributed by atoms with Crippen molar-refractivity contribution in [3.05, 3.63) is 71.3 Å². The van der Waals surface area contributed by atoms with Crippen LogP contribution in [0.15, 0.2) is 54.6 Å². The van der Waals surface area contributed by atoms with E-state index < -0.39 is 0 Å². The number of aryl methyl sites for hydroxylation is 1. The number of Topliss-reactive ketones (excluding diaryl/α,β-unsaturated/α-hetero) is 2. The van der Waals surface area contributed by atoms with Gasteiger partial charge in [0.05, 0.1) is 0 Å². The second-order valence-corrected chi connectivity index (χ2v) is 7.01. The highest BCUT2D eigenvalue weighted by molar-refractivity contribution is 5.97. The van der Waals surface area contributed by atoms with Gasteiger partial charge in [-0.15, -0.1) is 0 Å². The molecule has 0 unspecified atom stereocenters. The van der Waals surface area contributed by atoms with Gasteiger partial charge in [-0.1, -0.05) is 67.9 Å². The minimum Gasteiger partial charge on any atom is -0.299 e. The summed E-state index contributed by atoms with van der Waals surface area (Å²) in [7, 11) is 0. The Labute approximate surface area is 150 Å². The zero-order valence-electron chi connectivity index (χ0n) is 14.9. The van der Waals surface area contributed by atoms with Gasteiger partial charge < -0.3 is 0 Å². The minimum atomic E-state index is -0.0185. The van der Waals surface area contributed by atoms with E-state index in [1.807, 2.05) is 42.5 Å². The SMILES string of the molecule is CCc1ccc(C(=O)C[C@@H](c2ccccc2)[C@H]2CCCCC2=O)cc1. The van der Waals surface area contributed by atoms with Gasteiger partial charge in [0.25, 0.3) is 0 Å². The van der Waals surface area contributed by atoms with E-state index in [2.05, 4.69) is 19.1 Å². The van der Waals surface area contributed by atoms with Gasteiger partial charge in [0.1, 0.15) is 5.78 Å². The smallest absolute Gasteiger partial charge is 0.163 e. The first-order valence-electron chi connectivity index (χ1n) is 9.39. The normalized spacial score (nSPS) is 18.8. The number of carbonyl (C=O) groups excluding carboxylic acids is 2. The molecule has 0 aromatic heterocycles. The van der Waals surface area contributed by atoms with Gasteiger partial charge in [-0.3, -0.25) is 9.59 Å². The van der Waals surface area contributed by atoms with Crippen LogP contribution in [0, 0.1) is 5.92 Å². The molecule has 0 heterocycles. The highest BCUT2D eigenvalue weighted by Gasteiger charge is 2.32. The van der Waals surface area contributed by atoms with Crippen molar-refractivity contribution in [2.75, 3.05) is 0 Å². The molecule has 0 spiro atoms. The predicted octanol–water partition coefficient (Wildman–Crippen LogP) is 5.36. The van der Waals surface area contributed by atoms with Gasteiger partial charge in [-0.2, -0.15) is 0 Å². The van der Waals surface area contributed by atoms with E-state index in [0.717, 1.165) is 36.8 Å². The second-order valence-electron chi connectivity index (χ2n) is 7.01. The Morgan fingerprint density at radius 3 is 2.40 bits per heavy atom. The number of benzene rings is 2. The van der Waals surface area contributed by atoms with E-state index in [9.17, 15) is 9.59 Å². The van der Waals surface area contributed by atoms with Crippen molar-refractivity contribution in [1.29, 1.82) is 0 Å². The molecule has 2 nitrogen and oxygen atoms in total. The summed E-state index contributed by atoms with van der Waals surface area (Å²) in [5.74, 6) is 0.437. The number of hydrogen-bond donors (Lipinski definition) is 0. The molecule has 2 heteroatoms. The predicted molar refractivity (Wildman–Crippen MR) is 101 cm³/mol. The zero-order chi connectivity index (χ0) is 17.6. The fourth-order valence-electron chi connectivity index (χ4n) is 3.87. The highest BCUT2D eigenvalue weighted by atomic mass is 16.1. The molecule has 1 aliphatic rings. The minimum absolute atomic E-state index is 0.00708. The molecule has 2 aromatic rings. The van der Waals surface area contributed by atoms with Crippen molar-refractivity contribution in [3.63, 3.8) is 0 Å². The van der Waals surface area contributed by atoms with Crippen molar-refractivity contribution >= 4 is 11.6 Å². The van der Waals surface area contributed by atoms with Crippen LogP contribution in [0.25, 0.3) is 0 Å². The fourth-order valence-corrected chi connectivity index (χ4v) is 3.87. The van der Waals surface area contributed by atoms with Gasteiger partial charge in [0.2, 0.25) is 0 Å². The number of rotatable bonds is 6. The molecule has 2 aromatic carbocycles. The largest absolute Gasteiger partial charge is 0.299 e. The molecule has 1 saturated carbocycles. The molecule has 0 bridgehead atoms. The third kappa shape index (κ3) is 4.25. The summed E-state index contributed by atoms with van der Waals surface area (Å²) < 4.78 is 0. The maximum Gasteiger partial charge on any atom is 0.163 e. The van der Waals surface area contributed by atoms with Crippen molar-refractivity contribution in [2.45, 2.75) is 51.4 Å². The summed E-state index contributed by atoms with van der Waals surface area (Å²) in [5.41, 5.74) is 3.10. The Bertz CT molecular complexity index is 716. The number of hydrogen-bond acceptors (Lipinski definition) is 2. The van der Waals surface area contributed by atoms with Crippen LogP contribution in [0.1, 0.15) is 66.4 Å². The molecular weight excluding hydrogens is 308 g/mol. The summed E-state index contributed by atoms with van der Waals surface area (Å²) in [5, 5.41) is 0. The van der Waals surface area contributed by atoms with Crippen molar-refractivity contribution in [1.82, 2.24) is 0 Å². The molecule has 3 rings (SSSR count). The fraction of sp³-hybridized carbons (Fsp3) is 0.391. The average molecular weight is 334 g/mol. The summed E-state index contributed by atoms with van der Waals surface area (Å²) in [6.45, 7) is 2.11. The van der Waals surface area contributed by atoms with E-state index in [1.54, 1.807) is 0 Å². The monoisotopic (exact) mass is 334 g/mol. The molecule has 25 heavy (non-hydrogen) atoms. The molecule has 0 radical (unpaired) electrons. The number of carbonyl (C=O) groups is 2. The summed E-state index contributed by atoms with van der Waals surface area (Å²) >= 11 is 0. The van der Waals surface area contributed by atoms with Gasteiger partial charge in [-0.05, 0) is 30.4 Å². The Kier molecular flexibility index (Phi) is 5.80. The molecule has 0 N–H and O–H groups in total. The first-order valence-corrected chi connectivity index (χ1v) is 9.39. The topological polar surface area (TPSA) is 34.1 Å². The molecule has 130 valence electrons. The van der Waals surface area contributed by atoms with Crippen molar-refractivity contribution in [2.24, 2.45) is 5.92 Å². The maximum atomic E-state index is 12.9. The number of ketones is 2. The molecule has 2 atom stereocenters. The van der Waals surface area contributed by atoms with Crippen LogP contribution in [0.5, 0.6) is 0 Å². The second kappa shape index (κ2) is 8.24. The summed E-state index contributed by atoms with van der Waals surface area (Å²) in [6.07, 6.45) is 5.01. The van der Waals surface area contributed by atoms with Gasteiger partial charge in [0, 0.05) is 30.2 Å². The molecule has 0 aliphatic heterocycles. The van der Waals surface area contributed by atoms with E-state index in [-0.39, 0.29) is 17.6 Å². The summed E-state index contributed by atoms with van der Waals surface area (Å²) in [6, 6.07) is 18.0. The van der Waals surface area contributed by atoms with Crippen LogP contribution in [0.2, 0.25) is 0 Å². The molecule has 1 fully saturated rings. The summed E-state index contributed by atoms with van der Waals surface area (Å²) in [4.78, 5) is 25.4. The Hall–Kier alpha value is -2.22. The lowest BCUT2D eigenvalue weighted by Gasteiger charge is -2.29. The van der Waals surface area contributed by atoms with Crippen molar-refractivity contribution < 1.29 is 9.59 Å². The zero-order valence-corrected chi connectivity index (χ0v) is 14.9. The molecule has 1 aliphatic carbocycles. The highest BCUT2D eigenvalue weighted by Crippen LogP contribution is 2.37. The Morgan fingerprint density at radius 1 is 1.04 bits per heavy atom. The lowest BCUT2D eigenvalue weighted by molar-refractivity contribution is -0.125. The van der Waals surface area contributed by atoms with Gasteiger partial charge in [0.15, 0.2) is 5.78 Å². The molecule has 0 saturated heterocycles. The average Bonchev–Trinajstić information content (AvgIpc) is 2.67. The van der Waals surface area contributed by atoms with E-state index in [1.165, 1.54) is 5.56 Å². The van der Waals surface area contributed by atoms with Crippen LogP contribution in [0.4, 0.5) is 0 Å². The first-order chi connectivity index (χ1) is 12.2. The van der Waals surface area contributed by atoms with E-state index in [4.69, 9.17) is 0 Å². The van der Waals surface area contributed by atoms with Crippen LogP contribution in [0.3, 0.4) is 0 Å². The third-order valence-corrected chi connectivity index (χ3v) is 5.40. The molecule has 0 amide bonds. The Balaban J connectivity index is 1.83. The van der Waals surface area contributed by atoms with E-state index >= 15 is 0 Å². The van der Waals surface area contributed by atoms with Gasteiger partial charge in [-0.25, -0.2) is 0 Å². The lowest BCUT2D eigenvalue weighted by atomic mass is 9.73. The van der Waals surface area contributed by atoms with Gasteiger partial charge >= 0.3 is 0 Å². The molecular formula is C23H26O2. The van der Waals surface area contributed by atoms with Crippen LogP contribution in [-0.4, -0.2) is 11.6 Å². The first kappa shape index (κ1) is 17.6. The maximum absolute atomic E-state index is 12.9. The Morgan fingerprint density at radius 2 is 1.76 bits per heavy atom. The van der Waals surface area contributed by atoms with Crippen LogP contribution < -0.4 is 0 Å². The third-order valence-electron chi connectivity index (χ3n) is 5.40. The quantitative estimate of drug-likeness (QED) is 0.666. The standard InChI is InChI=1S/C23H26O2/c1-2-17-12-14-19(15-13-17)23(25)16-21(18-8-4-3-5-9-18)20-10-6-7-11-22(20)24/h3-5,8-9,12-15,20-21H,2,6-7,10-11,16H2,1H3/t20-,21+/m1/s1.